The molecule has 0 saturated carbocycles. The molecule has 1 amide bonds. The van der Waals surface area contributed by atoms with Crippen LogP contribution < -0.4 is 5.32 Å². The van der Waals surface area contributed by atoms with Crippen molar-refractivity contribution in [2.24, 2.45) is 0 Å². The molecule has 2 unspecified atom stereocenters. The Kier molecular flexibility index (Phi) is 10.3. The van der Waals surface area contributed by atoms with Crippen LogP contribution in [-0.4, -0.2) is 38.0 Å². The largest absolute Gasteiger partial charge is 0.417 e. The van der Waals surface area contributed by atoms with Gasteiger partial charge >= 0.3 is 12.4 Å². The van der Waals surface area contributed by atoms with Crippen molar-refractivity contribution in [2.75, 3.05) is 11.5 Å². The minimum atomic E-state index is -5.20. The molecule has 2 aromatic carbocycles. The average Bonchev–Trinajstić information content (AvgIpc) is 2.78. The average molecular weight is 673 g/mol. The maximum Gasteiger partial charge on any atom is 0.417 e. The van der Waals surface area contributed by atoms with Gasteiger partial charge in [0.25, 0.3) is 5.91 Å². The van der Waals surface area contributed by atoms with Crippen LogP contribution >= 0.6 is 39.1 Å². The summed E-state index contributed by atoms with van der Waals surface area (Å²) in [6.07, 6.45) is -10.2. The fourth-order valence-electron chi connectivity index (χ4n) is 3.34. The summed E-state index contributed by atoms with van der Waals surface area (Å²) < 4.78 is 121. The molecule has 0 aromatic heterocycles. The van der Waals surface area contributed by atoms with Crippen molar-refractivity contribution in [3.05, 3.63) is 73.2 Å². The Morgan fingerprint density at radius 2 is 1.63 bits per heavy atom. The van der Waals surface area contributed by atoms with Gasteiger partial charge in [0.1, 0.15) is 11.7 Å². The van der Waals surface area contributed by atoms with E-state index in [2.05, 4.69) is 21.2 Å². The Hall–Kier alpha value is -1.83. The predicted molar refractivity (Wildman–Crippen MR) is 135 cm³/mol. The zero-order valence-corrected chi connectivity index (χ0v) is 23.4. The van der Waals surface area contributed by atoms with Gasteiger partial charge in [-0.05, 0) is 58.8 Å². The van der Waals surface area contributed by atoms with E-state index in [0.717, 1.165) is 12.1 Å². The molecule has 210 valence electrons. The second kappa shape index (κ2) is 12.1. The lowest BCUT2D eigenvalue weighted by atomic mass is 9.95. The Bertz CT molecular complexity index is 1320. The van der Waals surface area contributed by atoms with Crippen molar-refractivity contribution in [3.8, 4) is 0 Å². The topological polar surface area (TPSA) is 63.2 Å². The molecule has 0 aliphatic carbocycles. The first-order valence-corrected chi connectivity index (χ1v) is 13.9. The monoisotopic (exact) mass is 671 g/mol. The third kappa shape index (κ3) is 8.33. The van der Waals surface area contributed by atoms with Crippen LogP contribution in [0.4, 0.5) is 30.7 Å². The summed E-state index contributed by atoms with van der Waals surface area (Å²) in [6, 6.07) is 2.21. The van der Waals surface area contributed by atoms with Gasteiger partial charge in [-0.1, -0.05) is 36.2 Å². The lowest BCUT2D eigenvalue weighted by molar-refractivity contribution is -0.140. The summed E-state index contributed by atoms with van der Waals surface area (Å²) in [7, 11) is -3.56. The molecule has 1 N–H and O–H groups in total. The third-order valence-electron chi connectivity index (χ3n) is 5.20. The van der Waals surface area contributed by atoms with E-state index in [1.165, 1.54) is 13.8 Å². The summed E-state index contributed by atoms with van der Waals surface area (Å²) in [5, 5.41) is 1.73. The number of hydrogen-bond donors (Lipinski definition) is 1. The summed E-state index contributed by atoms with van der Waals surface area (Å²) in [4.78, 5) is 12.5. The van der Waals surface area contributed by atoms with E-state index in [1.807, 2.05) is 0 Å². The summed E-state index contributed by atoms with van der Waals surface area (Å²) in [5.41, 5.74) is -4.03. The highest BCUT2D eigenvalue weighted by Crippen LogP contribution is 2.43. The van der Waals surface area contributed by atoms with Crippen LogP contribution in [0.2, 0.25) is 10.0 Å². The molecule has 4 nitrogen and oxygen atoms in total. The molecule has 2 aromatic rings. The molecule has 0 fully saturated rings. The Balaban J connectivity index is 2.52. The van der Waals surface area contributed by atoms with Gasteiger partial charge < -0.3 is 5.32 Å². The number of carbonyl (C=O) groups is 1. The maximum absolute atomic E-state index is 15.0. The van der Waals surface area contributed by atoms with Crippen molar-refractivity contribution in [1.29, 1.82) is 0 Å². The maximum atomic E-state index is 15.0. The van der Waals surface area contributed by atoms with E-state index < -0.39 is 73.9 Å². The molecule has 2 rings (SSSR count). The van der Waals surface area contributed by atoms with Gasteiger partial charge in [-0.25, -0.2) is 12.8 Å². The van der Waals surface area contributed by atoms with Gasteiger partial charge in [0.2, 0.25) is 0 Å². The number of benzene rings is 2. The zero-order chi connectivity index (χ0) is 29.2. The fraction of sp³-hybridized carbons (Fsp3) is 0.348. The molecule has 2 atom stereocenters. The SMILES string of the molecule is CCS(=O)(=O)CC(C)NC(=O)c1ccc(/C(F)=C/C(c2cc(Cl)c(Br)c(Cl)c2)C(F)(F)F)cc1C(F)(F)F. The summed E-state index contributed by atoms with van der Waals surface area (Å²) in [5.74, 6) is -6.35. The quantitative estimate of drug-likeness (QED) is 0.229. The van der Waals surface area contributed by atoms with E-state index in [-0.39, 0.29) is 32.4 Å². The van der Waals surface area contributed by atoms with Crippen LogP contribution in [0.3, 0.4) is 0 Å². The zero-order valence-electron chi connectivity index (χ0n) is 19.4. The van der Waals surface area contributed by atoms with Crippen molar-refractivity contribution in [2.45, 2.75) is 38.2 Å². The summed E-state index contributed by atoms with van der Waals surface area (Å²) in [6.45, 7) is 2.63. The van der Waals surface area contributed by atoms with E-state index in [9.17, 15) is 43.9 Å². The molecule has 15 heteroatoms. The Morgan fingerprint density at radius 3 is 2.11 bits per heavy atom. The van der Waals surface area contributed by atoms with E-state index >= 15 is 0 Å². The van der Waals surface area contributed by atoms with Crippen LogP contribution in [0.1, 0.15) is 46.8 Å². The number of alkyl halides is 6. The minimum absolute atomic E-state index is 0.0722. The molecule has 0 saturated heterocycles. The van der Waals surface area contributed by atoms with Gasteiger partial charge in [-0.15, -0.1) is 0 Å². The number of hydrogen-bond acceptors (Lipinski definition) is 3. The number of rotatable bonds is 8. The number of sulfone groups is 1. The van der Waals surface area contributed by atoms with E-state index in [0.29, 0.717) is 12.1 Å². The van der Waals surface area contributed by atoms with Crippen molar-refractivity contribution in [3.63, 3.8) is 0 Å². The first-order valence-electron chi connectivity index (χ1n) is 10.6. The molecular formula is C23H19BrCl2F7NO3S. The highest BCUT2D eigenvalue weighted by atomic mass is 79.9. The molecule has 0 aliphatic heterocycles. The van der Waals surface area contributed by atoms with Gasteiger partial charge in [-0.2, -0.15) is 26.3 Å². The predicted octanol–water partition coefficient (Wildman–Crippen LogP) is 7.98. The molecule has 0 spiro atoms. The third-order valence-corrected chi connectivity index (χ3v) is 8.99. The van der Waals surface area contributed by atoms with E-state index in [1.54, 1.807) is 0 Å². The fourth-order valence-corrected chi connectivity index (χ4v) is 5.16. The molecule has 0 heterocycles. The van der Waals surface area contributed by atoms with E-state index in [4.69, 9.17) is 23.2 Å². The highest BCUT2D eigenvalue weighted by Gasteiger charge is 2.41. The highest BCUT2D eigenvalue weighted by molar-refractivity contribution is 9.10. The number of nitrogens with one attached hydrogen (secondary N) is 1. The Labute approximate surface area is 232 Å². The number of halogens is 10. The molecule has 0 aliphatic rings. The molecular weight excluding hydrogens is 654 g/mol. The normalized spacial score (nSPS) is 14.8. The first-order chi connectivity index (χ1) is 17.3. The van der Waals surface area contributed by atoms with Crippen LogP contribution in [0.15, 0.2) is 40.9 Å². The van der Waals surface area contributed by atoms with Crippen LogP contribution in [0, 0.1) is 0 Å². The van der Waals surface area contributed by atoms with Crippen molar-refractivity contribution < 1.29 is 43.9 Å². The first kappa shape index (κ1) is 32.4. The summed E-state index contributed by atoms with van der Waals surface area (Å²) >= 11 is 14.7. The number of amides is 1. The smallest absolute Gasteiger partial charge is 0.349 e. The molecule has 0 bridgehead atoms. The van der Waals surface area contributed by atoms with Gasteiger partial charge in [0.05, 0.1) is 31.4 Å². The van der Waals surface area contributed by atoms with Crippen LogP contribution in [-0.2, 0) is 16.0 Å². The minimum Gasteiger partial charge on any atom is -0.349 e. The van der Waals surface area contributed by atoms with Crippen LogP contribution in [0.5, 0.6) is 0 Å². The number of carbonyl (C=O) groups excluding carboxylic acids is 1. The second-order valence-corrected chi connectivity index (χ2v) is 12.2. The van der Waals surface area contributed by atoms with Crippen molar-refractivity contribution >= 4 is 60.7 Å². The van der Waals surface area contributed by atoms with Gasteiger partial charge in [0, 0.05) is 17.4 Å². The lowest BCUT2D eigenvalue weighted by Crippen LogP contribution is -2.38. The van der Waals surface area contributed by atoms with Crippen LogP contribution in [0.25, 0.3) is 5.83 Å². The number of allylic oxidation sites excluding steroid dienone is 1. The molecule has 38 heavy (non-hydrogen) atoms. The Morgan fingerprint density at radius 1 is 1.08 bits per heavy atom. The van der Waals surface area contributed by atoms with Crippen molar-refractivity contribution in [1.82, 2.24) is 5.32 Å². The molecule has 0 radical (unpaired) electrons. The standard InChI is InChI=1S/C23H19BrCl2F7NO3S/c1-3-38(36,37)10-11(2)34-21(35)14-5-4-12(6-16(14)23(31,32)33)19(27)9-15(22(28,29)30)13-7-17(25)20(24)18(26)8-13/h4-9,11,15H,3,10H2,1-2H3,(H,34,35)/b19-9-. The van der Waals surface area contributed by atoms with Gasteiger partial charge in [-0.3, -0.25) is 4.79 Å². The second-order valence-electron chi connectivity index (χ2n) is 8.16. The lowest BCUT2D eigenvalue weighted by Gasteiger charge is -2.20. The van der Waals surface area contributed by atoms with Gasteiger partial charge in [0.15, 0.2) is 9.84 Å².